The lowest BCUT2D eigenvalue weighted by Crippen LogP contribution is -2.57. The van der Waals surface area contributed by atoms with E-state index >= 15 is 0 Å². The van der Waals surface area contributed by atoms with Gasteiger partial charge in [0.25, 0.3) is 5.91 Å². The molecule has 5 rings (SSSR count). The first-order valence-electron chi connectivity index (χ1n) is 9.58. The fraction of sp³-hybridized carbons (Fsp3) is 0.579. The molecule has 0 unspecified atom stereocenters. The normalized spacial score (nSPS) is 27.9. The molecule has 3 atom stereocenters. The predicted octanol–water partition coefficient (Wildman–Crippen LogP) is 1.18. The van der Waals surface area contributed by atoms with E-state index in [1.54, 1.807) is 18.3 Å². The van der Waals surface area contributed by atoms with E-state index in [0.29, 0.717) is 56.3 Å². The van der Waals surface area contributed by atoms with Crippen LogP contribution in [-0.4, -0.2) is 71.1 Å². The number of piperidine rings is 1. The lowest BCUT2D eigenvalue weighted by molar-refractivity contribution is -0.151. The smallest absolute Gasteiger partial charge is 0.293 e. The van der Waals surface area contributed by atoms with Crippen LogP contribution >= 0.6 is 0 Å². The molecule has 0 radical (unpaired) electrons. The number of carbonyl (C=O) groups is 2. The number of ether oxygens (including phenoxy) is 1. The number of carbonyl (C=O) groups excluding carboxylic acids is 2. The Morgan fingerprint density at radius 3 is 2.85 bits per heavy atom. The van der Waals surface area contributed by atoms with E-state index < -0.39 is 0 Å². The summed E-state index contributed by atoms with van der Waals surface area (Å²) in [5.41, 5.74) is 0.444. The van der Waals surface area contributed by atoms with Crippen LogP contribution < -0.4 is 0 Å². The Morgan fingerprint density at radius 1 is 1.15 bits per heavy atom. The average molecular weight is 370 g/mol. The number of likely N-dealkylation sites (tertiary alicyclic amines) is 1. The standard InChI is InChI=1S/C19H22N4O4/c24-18(22-6-8-26-9-7-22)14-10-12-3-5-23(11-15(12)14)19(25)16-13-2-1-4-20-17(13)21-27-16/h1-2,4,12,14-15H,3,5-11H2/t12-,14-,15-/m1/s1. The maximum atomic E-state index is 13.0. The number of hydrogen-bond donors (Lipinski definition) is 0. The van der Waals surface area contributed by atoms with Gasteiger partial charge in [0, 0.05) is 38.3 Å². The number of nitrogens with zero attached hydrogens (tertiary/aromatic N) is 4. The highest BCUT2D eigenvalue weighted by atomic mass is 16.5. The van der Waals surface area contributed by atoms with Crippen LogP contribution in [0.3, 0.4) is 0 Å². The largest absolute Gasteiger partial charge is 0.378 e. The van der Waals surface area contributed by atoms with Crippen LogP contribution in [0.2, 0.25) is 0 Å². The van der Waals surface area contributed by atoms with Crippen LogP contribution in [0.5, 0.6) is 0 Å². The lowest BCUT2D eigenvalue weighted by Gasteiger charge is -2.51. The molecule has 8 nitrogen and oxygen atoms in total. The molecule has 0 N–H and O–H groups in total. The summed E-state index contributed by atoms with van der Waals surface area (Å²) >= 11 is 0. The van der Waals surface area contributed by atoms with Crippen molar-refractivity contribution in [2.45, 2.75) is 12.8 Å². The zero-order chi connectivity index (χ0) is 18.4. The zero-order valence-corrected chi connectivity index (χ0v) is 15.0. The summed E-state index contributed by atoms with van der Waals surface area (Å²) in [6.45, 7) is 3.87. The molecule has 2 aliphatic heterocycles. The third-order valence-electron chi connectivity index (χ3n) is 6.26. The van der Waals surface area contributed by atoms with Gasteiger partial charge in [-0.25, -0.2) is 4.98 Å². The molecule has 1 aliphatic carbocycles. The number of amides is 2. The molecule has 3 aliphatic rings. The highest BCUT2D eigenvalue weighted by molar-refractivity contribution is 6.02. The summed E-state index contributed by atoms with van der Waals surface area (Å²) in [5, 5.41) is 4.52. The Kier molecular flexibility index (Phi) is 4.07. The number of hydrogen-bond acceptors (Lipinski definition) is 6. The number of pyridine rings is 1. The average Bonchev–Trinajstić information content (AvgIpc) is 3.13. The van der Waals surface area contributed by atoms with Crippen molar-refractivity contribution in [2.24, 2.45) is 17.8 Å². The van der Waals surface area contributed by atoms with E-state index in [0.717, 1.165) is 12.8 Å². The molecule has 142 valence electrons. The van der Waals surface area contributed by atoms with Gasteiger partial charge in [-0.05, 0) is 36.8 Å². The molecular weight excluding hydrogens is 348 g/mol. The van der Waals surface area contributed by atoms with Gasteiger partial charge in [0.1, 0.15) is 0 Å². The molecule has 2 aromatic rings. The topological polar surface area (TPSA) is 88.8 Å². The van der Waals surface area contributed by atoms with Crippen molar-refractivity contribution < 1.29 is 18.8 Å². The van der Waals surface area contributed by atoms with E-state index in [-0.39, 0.29) is 29.4 Å². The zero-order valence-electron chi connectivity index (χ0n) is 15.0. The Morgan fingerprint density at radius 2 is 2.00 bits per heavy atom. The quantitative estimate of drug-likeness (QED) is 0.789. The fourth-order valence-electron chi connectivity index (χ4n) is 4.65. The minimum atomic E-state index is -0.159. The van der Waals surface area contributed by atoms with E-state index in [9.17, 15) is 9.59 Å². The maximum Gasteiger partial charge on any atom is 0.293 e. The van der Waals surface area contributed by atoms with Gasteiger partial charge in [0.05, 0.1) is 18.6 Å². The van der Waals surface area contributed by atoms with Gasteiger partial charge in [-0.3, -0.25) is 9.59 Å². The molecule has 8 heteroatoms. The van der Waals surface area contributed by atoms with Crippen LogP contribution in [0.15, 0.2) is 22.9 Å². The second kappa shape index (κ2) is 6.60. The predicted molar refractivity (Wildman–Crippen MR) is 94.8 cm³/mol. The van der Waals surface area contributed by atoms with Crippen LogP contribution in [-0.2, 0) is 9.53 Å². The van der Waals surface area contributed by atoms with E-state index in [1.165, 1.54) is 0 Å². The van der Waals surface area contributed by atoms with Gasteiger partial charge in [-0.1, -0.05) is 5.16 Å². The monoisotopic (exact) mass is 370 g/mol. The van der Waals surface area contributed by atoms with E-state index in [1.807, 2.05) is 9.80 Å². The summed E-state index contributed by atoms with van der Waals surface area (Å²) in [7, 11) is 0. The van der Waals surface area contributed by atoms with Gasteiger partial charge in [0.15, 0.2) is 0 Å². The van der Waals surface area contributed by atoms with Crippen molar-refractivity contribution >= 4 is 22.8 Å². The third-order valence-corrected chi connectivity index (χ3v) is 6.26. The number of fused-ring (bicyclic) bond motifs is 2. The molecule has 0 bridgehead atoms. The minimum absolute atomic E-state index is 0.0248. The SMILES string of the molecule is O=C(c1onc2ncccc12)N1CC[C@@H]2C[C@@H](C(=O)N3CCOCC3)[C@@H]2C1. The first kappa shape index (κ1) is 16.7. The first-order chi connectivity index (χ1) is 13.2. The molecule has 0 aromatic carbocycles. The second-order valence-corrected chi connectivity index (χ2v) is 7.63. The van der Waals surface area contributed by atoms with Gasteiger partial charge >= 0.3 is 0 Å². The van der Waals surface area contributed by atoms with E-state index in [2.05, 4.69) is 10.1 Å². The number of morpholine rings is 1. The molecule has 27 heavy (non-hydrogen) atoms. The van der Waals surface area contributed by atoms with Crippen LogP contribution in [0.25, 0.3) is 11.0 Å². The highest BCUT2D eigenvalue weighted by Gasteiger charge is 2.49. The summed E-state index contributed by atoms with van der Waals surface area (Å²) < 4.78 is 10.6. The maximum absolute atomic E-state index is 13.0. The summed E-state index contributed by atoms with van der Waals surface area (Å²) in [6.07, 6.45) is 3.51. The van der Waals surface area contributed by atoms with Gasteiger partial charge in [0.2, 0.25) is 17.3 Å². The molecule has 2 aromatic heterocycles. The molecule has 3 fully saturated rings. The highest BCUT2D eigenvalue weighted by Crippen LogP contribution is 2.46. The van der Waals surface area contributed by atoms with Crippen molar-refractivity contribution in [1.29, 1.82) is 0 Å². The van der Waals surface area contributed by atoms with Crippen molar-refractivity contribution in [3.8, 4) is 0 Å². The van der Waals surface area contributed by atoms with Gasteiger partial charge < -0.3 is 19.1 Å². The fourth-order valence-corrected chi connectivity index (χ4v) is 4.65. The Balaban J connectivity index is 1.30. The Bertz CT molecular complexity index is 875. The first-order valence-corrected chi connectivity index (χ1v) is 9.58. The Labute approximate surface area is 156 Å². The van der Waals surface area contributed by atoms with Gasteiger partial charge in [-0.2, -0.15) is 0 Å². The molecule has 1 saturated carbocycles. The minimum Gasteiger partial charge on any atom is -0.378 e. The van der Waals surface area contributed by atoms with Crippen molar-refractivity contribution in [2.75, 3.05) is 39.4 Å². The lowest BCUT2D eigenvalue weighted by atomic mass is 9.61. The summed E-state index contributed by atoms with van der Waals surface area (Å²) in [5.74, 6) is 1.11. The van der Waals surface area contributed by atoms with Crippen LogP contribution in [0.1, 0.15) is 23.4 Å². The molecule has 2 amide bonds. The van der Waals surface area contributed by atoms with Gasteiger partial charge in [-0.15, -0.1) is 0 Å². The molecule has 4 heterocycles. The van der Waals surface area contributed by atoms with E-state index in [4.69, 9.17) is 9.26 Å². The molecule has 0 spiro atoms. The second-order valence-electron chi connectivity index (χ2n) is 7.63. The molecular formula is C19H22N4O4. The molecule has 2 saturated heterocycles. The van der Waals surface area contributed by atoms with Crippen molar-refractivity contribution in [3.63, 3.8) is 0 Å². The summed E-state index contributed by atoms with van der Waals surface area (Å²) in [4.78, 5) is 33.7. The van der Waals surface area contributed by atoms with Crippen molar-refractivity contribution in [3.05, 3.63) is 24.1 Å². The third kappa shape index (κ3) is 2.79. The Hall–Kier alpha value is -2.48. The number of rotatable bonds is 2. The van der Waals surface area contributed by atoms with Crippen LogP contribution in [0, 0.1) is 17.8 Å². The summed E-state index contributed by atoms with van der Waals surface area (Å²) in [6, 6.07) is 3.57. The van der Waals surface area contributed by atoms with Crippen molar-refractivity contribution in [1.82, 2.24) is 19.9 Å². The van der Waals surface area contributed by atoms with Crippen LogP contribution in [0.4, 0.5) is 0 Å². The number of aromatic nitrogens is 2.